The van der Waals surface area contributed by atoms with E-state index < -0.39 is 5.97 Å². The predicted octanol–water partition coefficient (Wildman–Crippen LogP) is 1.75. The van der Waals surface area contributed by atoms with Crippen LogP contribution in [0.1, 0.15) is 19.3 Å². The first-order chi connectivity index (χ1) is 7.25. The maximum atomic E-state index is 10.8. The Morgan fingerprint density at radius 2 is 2.13 bits per heavy atom. The number of nitrogens with zero attached hydrogens (tertiary/aromatic N) is 1. The third-order valence-corrected chi connectivity index (χ3v) is 2.83. The van der Waals surface area contributed by atoms with Gasteiger partial charge >= 0.3 is 5.97 Å². The highest BCUT2D eigenvalue weighted by Crippen LogP contribution is 2.27. The zero-order valence-corrected chi connectivity index (χ0v) is 8.39. The smallest absolute Gasteiger partial charge is 0.306 e. The molecule has 0 aliphatic heterocycles. The van der Waals surface area contributed by atoms with Gasteiger partial charge in [0.15, 0.2) is 0 Å². The van der Waals surface area contributed by atoms with Crippen LogP contribution in [0.3, 0.4) is 0 Å². The Bertz CT molecular complexity index is 340. The lowest BCUT2D eigenvalue weighted by Crippen LogP contribution is -2.17. The molecule has 4 nitrogen and oxygen atoms in total. The number of hydrogen-bond acceptors (Lipinski definition) is 3. The Balaban J connectivity index is 1.90. The fourth-order valence-electron chi connectivity index (χ4n) is 2.02. The van der Waals surface area contributed by atoms with E-state index in [2.05, 4.69) is 10.3 Å². The van der Waals surface area contributed by atoms with E-state index in [0.717, 1.165) is 24.9 Å². The second-order valence-corrected chi connectivity index (χ2v) is 3.93. The Morgan fingerprint density at radius 3 is 2.73 bits per heavy atom. The van der Waals surface area contributed by atoms with Gasteiger partial charge in [-0.05, 0) is 31.4 Å². The molecule has 80 valence electrons. The Morgan fingerprint density at radius 1 is 1.40 bits per heavy atom. The van der Waals surface area contributed by atoms with Gasteiger partial charge in [-0.15, -0.1) is 0 Å². The second kappa shape index (κ2) is 4.29. The van der Waals surface area contributed by atoms with E-state index in [1.54, 1.807) is 12.4 Å². The molecule has 1 saturated carbocycles. The molecule has 1 heterocycles. The van der Waals surface area contributed by atoms with Gasteiger partial charge in [0, 0.05) is 24.1 Å². The quantitative estimate of drug-likeness (QED) is 0.790. The minimum Gasteiger partial charge on any atom is -0.481 e. The molecule has 0 aromatic carbocycles. The van der Waals surface area contributed by atoms with Gasteiger partial charge in [-0.25, -0.2) is 0 Å². The standard InChI is InChI=1S/C11H14N2O2/c14-11(15)8-1-2-10(7-8)13-9-3-5-12-6-4-9/h3-6,8,10H,1-2,7H2,(H,12,13)(H,14,15)/t8-,10+/m1/s1. The Hall–Kier alpha value is -1.58. The average molecular weight is 206 g/mol. The molecule has 2 atom stereocenters. The number of carboxylic acids is 1. The molecule has 0 saturated heterocycles. The van der Waals surface area contributed by atoms with Gasteiger partial charge in [0.2, 0.25) is 0 Å². The number of carbonyl (C=O) groups is 1. The number of anilines is 1. The summed E-state index contributed by atoms with van der Waals surface area (Å²) in [6.07, 6.45) is 5.88. The minimum absolute atomic E-state index is 0.177. The van der Waals surface area contributed by atoms with Crippen molar-refractivity contribution in [3.8, 4) is 0 Å². The molecule has 1 aliphatic rings. The van der Waals surface area contributed by atoms with Gasteiger partial charge in [0.1, 0.15) is 0 Å². The van der Waals surface area contributed by atoms with Crippen molar-refractivity contribution in [3.63, 3.8) is 0 Å². The lowest BCUT2D eigenvalue weighted by Gasteiger charge is -2.13. The van der Waals surface area contributed by atoms with Crippen LogP contribution in [-0.2, 0) is 4.79 Å². The predicted molar refractivity (Wildman–Crippen MR) is 56.6 cm³/mol. The zero-order chi connectivity index (χ0) is 10.7. The zero-order valence-electron chi connectivity index (χ0n) is 8.39. The van der Waals surface area contributed by atoms with E-state index in [1.165, 1.54) is 0 Å². The summed E-state index contributed by atoms with van der Waals surface area (Å²) in [5.41, 5.74) is 1.01. The fourth-order valence-corrected chi connectivity index (χ4v) is 2.02. The van der Waals surface area contributed by atoms with E-state index >= 15 is 0 Å². The van der Waals surface area contributed by atoms with Crippen LogP contribution in [-0.4, -0.2) is 22.1 Å². The first-order valence-corrected chi connectivity index (χ1v) is 5.15. The molecule has 2 rings (SSSR count). The summed E-state index contributed by atoms with van der Waals surface area (Å²) in [6, 6.07) is 4.08. The van der Waals surface area contributed by atoms with Gasteiger partial charge in [-0.1, -0.05) is 0 Å². The van der Waals surface area contributed by atoms with Crippen LogP contribution >= 0.6 is 0 Å². The van der Waals surface area contributed by atoms with E-state index in [-0.39, 0.29) is 12.0 Å². The highest BCUT2D eigenvalue weighted by atomic mass is 16.4. The Kier molecular flexibility index (Phi) is 2.85. The minimum atomic E-state index is -0.672. The highest BCUT2D eigenvalue weighted by molar-refractivity contribution is 5.70. The summed E-state index contributed by atoms with van der Waals surface area (Å²) < 4.78 is 0. The Labute approximate surface area is 88.3 Å². The lowest BCUT2D eigenvalue weighted by atomic mass is 10.1. The summed E-state index contributed by atoms with van der Waals surface area (Å²) in [5, 5.41) is 12.2. The van der Waals surface area contributed by atoms with Crippen molar-refractivity contribution in [1.29, 1.82) is 0 Å². The van der Waals surface area contributed by atoms with Crippen LogP contribution < -0.4 is 5.32 Å². The number of rotatable bonds is 3. The number of nitrogens with one attached hydrogen (secondary N) is 1. The van der Waals surface area contributed by atoms with Gasteiger partial charge in [0.05, 0.1) is 5.92 Å². The molecule has 0 radical (unpaired) electrons. The summed E-state index contributed by atoms with van der Waals surface area (Å²) >= 11 is 0. The van der Waals surface area contributed by atoms with Crippen LogP contribution in [0.4, 0.5) is 5.69 Å². The number of aliphatic carboxylic acids is 1. The van der Waals surface area contributed by atoms with Crippen molar-refractivity contribution in [2.75, 3.05) is 5.32 Å². The maximum Gasteiger partial charge on any atom is 0.306 e. The third-order valence-electron chi connectivity index (χ3n) is 2.83. The molecule has 1 aromatic heterocycles. The van der Waals surface area contributed by atoms with Crippen molar-refractivity contribution in [2.24, 2.45) is 5.92 Å². The monoisotopic (exact) mass is 206 g/mol. The van der Waals surface area contributed by atoms with Gasteiger partial charge < -0.3 is 10.4 Å². The number of hydrogen-bond donors (Lipinski definition) is 2. The largest absolute Gasteiger partial charge is 0.481 e. The van der Waals surface area contributed by atoms with Gasteiger partial charge in [-0.3, -0.25) is 9.78 Å². The van der Waals surface area contributed by atoms with Crippen molar-refractivity contribution >= 4 is 11.7 Å². The topological polar surface area (TPSA) is 62.2 Å². The van der Waals surface area contributed by atoms with E-state index in [1.807, 2.05) is 12.1 Å². The average Bonchev–Trinajstić information content (AvgIpc) is 2.68. The molecule has 15 heavy (non-hydrogen) atoms. The van der Waals surface area contributed by atoms with Crippen molar-refractivity contribution in [3.05, 3.63) is 24.5 Å². The van der Waals surface area contributed by atoms with Crippen LogP contribution in [0.5, 0.6) is 0 Å². The number of aromatic nitrogens is 1. The van der Waals surface area contributed by atoms with Gasteiger partial charge in [0.25, 0.3) is 0 Å². The second-order valence-electron chi connectivity index (χ2n) is 3.93. The third kappa shape index (κ3) is 2.46. The SMILES string of the molecule is O=C(O)[C@@H]1CC[C@H](Nc2ccncc2)C1. The number of pyridine rings is 1. The van der Waals surface area contributed by atoms with Crippen LogP contribution in [0.25, 0.3) is 0 Å². The summed E-state index contributed by atoms with van der Waals surface area (Å²) in [5.74, 6) is -0.849. The van der Waals surface area contributed by atoms with Crippen LogP contribution in [0.15, 0.2) is 24.5 Å². The first-order valence-electron chi connectivity index (χ1n) is 5.15. The summed E-state index contributed by atoms with van der Waals surface area (Å²) in [7, 11) is 0. The molecule has 0 bridgehead atoms. The van der Waals surface area contributed by atoms with Crippen molar-refractivity contribution in [1.82, 2.24) is 4.98 Å². The molecule has 0 amide bonds. The van der Waals surface area contributed by atoms with Gasteiger partial charge in [-0.2, -0.15) is 0 Å². The van der Waals surface area contributed by atoms with Crippen molar-refractivity contribution < 1.29 is 9.90 Å². The first kappa shape index (κ1) is 9.96. The van der Waals surface area contributed by atoms with Crippen LogP contribution in [0, 0.1) is 5.92 Å². The van der Waals surface area contributed by atoms with Crippen molar-refractivity contribution in [2.45, 2.75) is 25.3 Å². The summed E-state index contributed by atoms with van der Waals surface area (Å²) in [4.78, 5) is 14.7. The van der Waals surface area contributed by atoms with E-state index in [0.29, 0.717) is 0 Å². The molecular formula is C11H14N2O2. The summed E-state index contributed by atoms with van der Waals surface area (Å²) in [6.45, 7) is 0. The molecule has 4 heteroatoms. The highest BCUT2D eigenvalue weighted by Gasteiger charge is 2.29. The molecule has 1 aromatic rings. The molecule has 1 aliphatic carbocycles. The lowest BCUT2D eigenvalue weighted by molar-refractivity contribution is -0.141. The normalized spacial score (nSPS) is 25.1. The molecular weight excluding hydrogens is 192 g/mol. The van der Waals surface area contributed by atoms with Crippen LogP contribution in [0.2, 0.25) is 0 Å². The maximum absolute atomic E-state index is 10.8. The molecule has 2 N–H and O–H groups in total. The molecule has 1 fully saturated rings. The molecule has 0 spiro atoms. The fraction of sp³-hybridized carbons (Fsp3) is 0.455. The number of carboxylic acid groups (broad SMARTS) is 1. The van der Waals surface area contributed by atoms with E-state index in [9.17, 15) is 4.79 Å². The van der Waals surface area contributed by atoms with E-state index in [4.69, 9.17) is 5.11 Å². The molecule has 0 unspecified atom stereocenters.